The average Bonchev–Trinajstić information content (AvgIpc) is 2.48. The molecule has 1 aromatic carbocycles. The zero-order valence-corrected chi connectivity index (χ0v) is 12.0. The molecule has 3 nitrogen and oxygen atoms in total. The van der Waals surface area contributed by atoms with E-state index in [1.165, 1.54) is 18.2 Å². The van der Waals surface area contributed by atoms with Crippen molar-refractivity contribution >= 4 is 22.8 Å². The fraction of sp³-hybridized carbons (Fsp3) is 0.467. The summed E-state index contributed by atoms with van der Waals surface area (Å²) in [6.07, 6.45) is 3.84. The highest BCUT2D eigenvalue weighted by atomic mass is 32.2. The fourth-order valence-electron chi connectivity index (χ4n) is 2.19. The Morgan fingerprint density at radius 3 is 2.53 bits per heavy atom. The van der Waals surface area contributed by atoms with Crippen molar-refractivity contribution in [2.24, 2.45) is 0 Å². The van der Waals surface area contributed by atoms with Gasteiger partial charge in [0.25, 0.3) is 5.91 Å². The van der Waals surface area contributed by atoms with E-state index in [2.05, 4.69) is 0 Å². The van der Waals surface area contributed by atoms with Gasteiger partial charge in [0.2, 0.25) is 0 Å². The van der Waals surface area contributed by atoms with Crippen LogP contribution in [0.5, 0.6) is 0 Å². The first-order valence-corrected chi connectivity index (χ1v) is 7.63. The van der Waals surface area contributed by atoms with Gasteiger partial charge in [0, 0.05) is 24.4 Å². The first kappa shape index (κ1) is 14.1. The lowest BCUT2D eigenvalue weighted by molar-refractivity contribution is -0.110. The summed E-state index contributed by atoms with van der Waals surface area (Å²) >= 11 is 1.18. The molecule has 102 valence electrons. The highest BCUT2D eigenvalue weighted by Crippen LogP contribution is 2.26. The number of nitrogens with zero attached hydrogens (tertiary/aromatic N) is 1. The lowest BCUT2D eigenvalue weighted by atomic mass is 10.1. The van der Waals surface area contributed by atoms with Gasteiger partial charge >= 0.3 is 0 Å². The minimum absolute atomic E-state index is 0.0618. The summed E-state index contributed by atoms with van der Waals surface area (Å²) in [4.78, 5) is 26.7. The molecule has 0 spiro atoms. The van der Waals surface area contributed by atoms with Crippen LogP contribution in [0.25, 0.3) is 0 Å². The number of hydrogen-bond donors (Lipinski definition) is 0. The van der Waals surface area contributed by atoms with Crippen LogP contribution in [0.4, 0.5) is 0 Å². The van der Waals surface area contributed by atoms with E-state index >= 15 is 0 Å². The maximum absolute atomic E-state index is 12.5. The Morgan fingerprint density at radius 1 is 1.16 bits per heavy atom. The Kier molecular flexibility index (Phi) is 5.02. The summed E-state index contributed by atoms with van der Waals surface area (Å²) in [5, 5.41) is 0.0962. The quantitative estimate of drug-likeness (QED) is 0.795. The second-order valence-corrected chi connectivity index (χ2v) is 5.78. The molecule has 1 aromatic rings. The van der Waals surface area contributed by atoms with Crippen molar-refractivity contribution in [2.75, 3.05) is 13.1 Å². The standard InChI is InChI=1S/C15H19NO2S/c1-2-14(17)19-13-9-5-4-8-12(13)15(18)16-10-6-3-7-11-16/h4-5,8-9H,2-3,6-7,10-11H2,1H3. The molecule has 2 rings (SSSR count). The molecule has 0 unspecified atom stereocenters. The van der Waals surface area contributed by atoms with Crippen LogP contribution in [-0.2, 0) is 4.79 Å². The maximum atomic E-state index is 12.5. The number of thioether (sulfide) groups is 1. The van der Waals surface area contributed by atoms with Gasteiger partial charge in [-0.2, -0.15) is 0 Å². The Morgan fingerprint density at radius 2 is 1.84 bits per heavy atom. The number of rotatable bonds is 3. The molecule has 1 fully saturated rings. The van der Waals surface area contributed by atoms with E-state index in [-0.39, 0.29) is 11.0 Å². The van der Waals surface area contributed by atoms with Gasteiger partial charge in [-0.05, 0) is 31.4 Å². The third kappa shape index (κ3) is 3.60. The third-order valence-corrected chi connectivity index (χ3v) is 4.37. The third-order valence-electron chi connectivity index (χ3n) is 3.27. The van der Waals surface area contributed by atoms with Crippen molar-refractivity contribution in [3.8, 4) is 0 Å². The van der Waals surface area contributed by atoms with Crippen molar-refractivity contribution in [1.82, 2.24) is 4.90 Å². The van der Waals surface area contributed by atoms with Crippen molar-refractivity contribution in [3.05, 3.63) is 29.8 Å². The number of amides is 1. The topological polar surface area (TPSA) is 37.4 Å². The van der Waals surface area contributed by atoms with E-state index in [0.717, 1.165) is 30.8 Å². The Balaban J connectivity index is 2.18. The molecule has 4 heteroatoms. The first-order valence-electron chi connectivity index (χ1n) is 6.81. The summed E-state index contributed by atoms with van der Waals surface area (Å²) in [5.41, 5.74) is 0.663. The molecule has 0 aromatic heterocycles. The molecule has 1 amide bonds. The van der Waals surface area contributed by atoms with E-state index in [4.69, 9.17) is 0 Å². The Labute approximate surface area is 118 Å². The van der Waals surface area contributed by atoms with Crippen LogP contribution in [0.2, 0.25) is 0 Å². The van der Waals surface area contributed by atoms with Crippen LogP contribution in [0.1, 0.15) is 43.0 Å². The Bertz CT molecular complexity index is 467. The van der Waals surface area contributed by atoms with Crippen LogP contribution in [0, 0.1) is 0 Å². The van der Waals surface area contributed by atoms with E-state index in [0.29, 0.717) is 12.0 Å². The van der Waals surface area contributed by atoms with Crippen LogP contribution in [0.3, 0.4) is 0 Å². The van der Waals surface area contributed by atoms with E-state index in [1.54, 1.807) is 0 Å². The number of hydrogen-bond acceptors (Lipinski definition) is 3. The van der Waals surface area contributed by atoms with Gasteiger partial charge in [0.05, 0.1) is 5.56 Å². The summed E-state index contributed by atoms with van der Waals surface area (Å²) in [6.45, 7) is 3.50. The summed E-state index contributed by atoms with van der Waals surface area (Å²) in [7, 11) is 0. The van der Waals surface area contributed by atoms with Gasteiger partial charge in [-0.25, -0.2) is 0 Å². The lowest BCUT2D eigenvalue weighted by Crippen LogP contribution is -2.35. The SMILES string of the molecule is CCC(=O)Sc1ccccc1C(=O)N1CCCCC1. The smallest absolute Gasteiger partial charge is 0.255 e. The normalized spacial score (nSPS) is 15.3. The second-order valence-electron chi connectivity index (χ2n) is 4.68. The predicted molar refractivity (Wildman–Crippen MR) is 77.4 cm³/mol. The van der Waals surface area contributed by atoms with Gasteiger partial charge in [0.1, 0.15) is 0 Å². The summed E-state index contributed by atoms with van der Waals surface area (Å²) < 4.78 is 0. The fourth-order valence-corrected chi connectivity index (χ4v) is 3.00. The predicted octanol–water partition coefficient (Wildman–Crippen LogP) is 3.34. The van der Waals surface area contributed by atoms with Crippen molar-refractivity contribution in [2.45, 2.75) is 37.5 Å². The number of carbonyl (C=O) groups is 2. The molecule has 0 radical (unpaired) electrons. The largest absolute Gasteiger partial charge is 0.339 e. The highest BCUT2D eigenvalue weighted by molar-refractivity contribution is 8.13. The molecule has 1 heterocycles. The van der Waals surface area contributed by atoms with Crippen molar-refractivity contribution < 1.29 is 9.59 Å². The van der Waals surface area contributed by atoms with Crippen molar-refractivity contribution in [1.29, 1.82) is 0 Å². The van der Waals surface area contributed by atoms with E-state index in [9.17, 15) is 9.59 Å². The molecular weight excluding hydrogens is 258 g/mol. The van der Waals surface area contributed by atoms with Gasteiger partial charge in [0.15, 0.2) is 5.12 Å². The van der Waals surface area contributed by atoms with Gasteiger partial charge < -0.3 is 4.90 Å². The van der Waals surface area contributed by atoms with Gasteiger partial charge in [-0.15, -0.1) is 0 Å². The summed E-state index contributed by atoms with van der Waals surface area (Å²) in [6, 6.07) is 7.41. The number of likely N-dealkylation sites (tertiary alicyclic amines) is 1. The molecular formula is C15H19NO2S. The molecule has 1 saturated heterocycles. The van der Waals surface area contributed by atoms with E-state index in [1.807, 2.05) is 36.1 Å². The molecule has 0 aliphatic carbocycles. The highest BCUT2D eigenvalue weighted by Gasteiger charge is 2.21. The molecule has 0 bridgehead atoms. The minimum atomic E-state index is 0.0618. The summed E-state index contributed by atoms with van der Waals surface area (Å²) in [5.74, 6) is 0.0618. The van der Waals surface area contributed by atoms with Crippen LogP contribution < -0.4 is 0 Å². The number of carbonyl (C=O) groups excluding carboxylic acids is 2. The second kappa shape index (κ2) is 6.75. The number of piperidine rings is 1. The van der Waals surface area contributed by atoms with Crippen molar-refractivity contribution in [3.63, 3.8) is 0 Å². The zero-order chi connectivity index (χ0) is 13.7. The van der Waals surface area contributed by atoms with Gasteiger partial charge in [-0.1, -0.05) is 30.8 Å². The Hall–Kier alpha value is -1.29. The molecule has 1 aliphatic heterocycles. The monoisotopic (exact) mass is 277 g/mol. The molecule has 0 saturated carbocycles. The lowest BCUT2D eigenvalue weighted by Gasteiger charge is -2.27. The molecule has 1 aliphatic rings. The van der Waals surface area contributed by atoms with Crippen LogP contribution >= 0.6 is 11.8 Å². The maximum Gasteiger partial charge on any atom is 0.255 e. The first-order chi connectivity index (χ1) is 9.22. The van der Waals surface area contributed by atoms with Crippen LogP contribution in [0.15, 0.2) is 29.2 Å². The minimum Gasteiger partial charge on any atom is -0.339 e. The van der Waals surface area contributed by atoms with Crippen LogP contribution in [-0.4, -0.2) is 29.0 Å². The molecule has 19 heavy (non-hydrogen) atoms. The van der Waals surface area contributed by atoms with E-state index < -0.39 is 0 Å². The van der Waals surface area contributed by atoms with Gasteiger partial charge in [-0.3, -0.25) is 9.59 Å². The zero-order valence-electron chi connectivity index (χ0n) is 11.2. The molecule has 0 atom stereocenters. The molecule has 0 N–H and O–H groups in total. The average molecular weight is 277 g/mol. The number of benzene rings is 1.